The second-order valence-corrected chi connectivity index (χ2v) is 6.05. The highest BCUT2D eigenvalue weighted by Crippen LogP contribution is 2.31. The number of aliphatic carboxylic acids is 1. The van der Waals surface area contributed by atoms with Crippen LogP contribution in [0.5, 0.6) is 0 Å². The first-order valence-electron chi connectivity index (χ1n) is 5.75. The van der Waals surface area contributed by atoms with Crippen LogP contribution in [0.3, 0.4) is 0 Å². The third-order valence-corrected chi connectivity index (χ3v) is 3.30. The molecule has 1 aromatic rings. The predicted octanol–water partition coefficient (Wildman–Crippen LogP) is 4.20. The summed E-state index contributed by atoms with van der Waals surface area (Å²) in [4.78, 5) is 11.1. The van der Waals surface area contributed by atoms with Gasteiger partial charge in [-0.3, -0.25) is 4.79 Å². The molecule has 0 fully saturated rings. The van der Waals surface area contributed by atoms with Crippen LogP contribution >= 0.6 is 11.6 Å². The number of alkyl halides is 1. The van der Waals surface area contributed by atoms with Crippen LogP contribution in [0.25, 0.3) is 0 Å². The molecule has 1 N–H and O–H groups in total. The Bertz CT molecular complexity index is 461. The van der Waals surface area contributed by atoms with Gasteiger partial charge in [0, 0.05) is 5.02 Å². The smallest absolute Gasteiger partial charge is 0.309 e. The third kappa shape index (κ3) is 3.45. The van der Waals surface area contributed by atoms with Crippen molar-refractivity contribution in [1.29, 1.82) is 0 Å². The Morgan fingerprint density at radius 2 is 1.89 bits per heavy atom. The van der Waals surface area contributed by atoms with Gasteiger partial charge in [-0.15, -0.1) is 0 Å². The van der Waals surface area contributed by atoms with Gasteiger partial charge < -0.3 is 5.11 Å². The summed E-state index contributed by atoms with van der Waals surface area (Å²) in [5.74, 6) is -0.881. The molecule has 0 saturated carbocycles. The molecule has 0 bridgehead atoms. The maximum absolute atomic E-state index is 13.7. The van der Waals surface area contributed by atoms with Crippen molar-refractivity contribution in [2.75, 3.05) is 0 Å². The lowest BCUT2D eigenvalue weighted by atomic mass is 9.85. The Morgan fingerprint density at radius 3 is 2.28 bits per heavy atom. The van der Waals surface area contributed by atoms with Crippen LogP contribution in [0, 0.1) is 5.41 Å². The lowest BCUT2D eigenvalue weighted by Crippen LogP contribution is -2.26. The molecule has 0 radical (unpaired) electrons. The highest BCUT2D eigenvalue weighted by atomic mass is 35.5. The number of carboxylic acids is 1. The molecule has 0 spiro atoms. The number of hydrogen-bond acceptors (Lipinski definition) is 1. The minimum atomic E-state index is -1.45. The normalized spacial score (nSPS) is 12.6. The van der Waals surface area contributed by atoms with E-state index in [-0.39, 0.29) is 0 Å². The number of carboxylic acid groups (broad SMARTS) is 1. The van der Waals surface area contributed by atoms with E-state index in [0.29, 0.717) is 17.0 Å². The summed E-state index contributed by atoms with van der Waals surface area (Å²) in [5, 5.41) is 9.48. The van der Waals surface area contributed by atoms with Crippen molar-refractivity contribution in [2.45, 2.75) is 39.8 Å². The van der Waals surface area contributed by atoms with Crippen LogP contribution < -0.4 is 0 Å². The molecule has 1 aromatic carbocycles. The maximum Gasteiger partial charge on any atom is 0.309 e. The van der Waals surface area contributed by atoms with Gasteiger partial charge >= 0.3 is 5.97 Å². The average Bonchev–Trinajstić information content (AvgIpc) is 2.19. The van der Waals surface area contributed by atoms with Gasteiger partial charge in [0.25, 0.3) is 0 Å². The highest BCUT2D eigenvalue weighted by Gasteiger charge is 2.28. The molecule has 100 valence electrons. The van der Waals surface area contributed by atoms with Crippen molar-refractivity contribution in [3.8, 4) is 0 Å². The summed E-state index contributed by atoms with van der Waals surface area (Å²) >= 11 is 6.09. The fourth-order valence-corrected chi connectivity index (χ4v) is 1.86. The van der Waals surface area contributed by atoms with E-state index < -0.39 is 17.1 Å². The molecule has 0 amide bonds. The van der Waals surface area contributed by atoms with Gasteiger partial charge in [0.1, 0.15) is 5.67 Å². The molecule has 0 aliphatic carbocycles. The second-order valence-electron chi connectivity index (χ2n) is 5.64. The van der Waals surface area contributed by atoms with Crippen LogP contribution in [0.2, 0.25) is 5.02 Å². The zero-order valence-corrected chi connectivity index (χ0v) is 11.8. The van der Waals surface area contributed by atoms with Crippen molar-refractivity contribution in [3.63, 3.8) is 0 Å². The van der Waals surface area contributed by atoms with Crippen molar-refractivity contribution in [1.82, 2.24) is 0 Å². The molecule has 2 nitrogen and oxygen atoms in total. The number of halogens is 2. The lowest BCUT2D eigenvalue weighted by molar-refractivity contribution is -0.146. The van der Waals surface area contributed by atoms with Crippen LogP contribution in [0.4, 0.5) is 4.39 Å². The Morgan fingerprint density at radius 1 is 1.33 bits per heavy atom. The number of hydrogen-bond donors (Lipinski definition) is 1. The van der Waals surface area contributed by atoms with E-state index >= 15 is 0 Å². The number of carbonyl (C=O) groups is 1. The third-order valence-electron chi connectivity index (χ3n) is 2.95. The largest absolute Gasteiger partial charge is 0.481 e. The predicted molar refractivity (Wildman–Crippen MR) is 70.7 cm³/mol. The Labute approximate surface area is 112 Å². The number of benzene rings is 1. The molecule has 0 unspecified atom stereocenters. The molecule has 0 heterocycles. The van der Waals surface area contributed by atoms with E-state index in [4.69, 9.17) is 16.7 Å². The van der Waals surface area contributed by atoms with Crippen molar-refractivity contribution in [2.24, 2.45) is 5.41 Å². The van der Waals surface area contributed by atoms with E-state index in [9.17, 15) is 9.18 Å². The SMILES string of the molecule is CC(C)(Cc1ccc(C(C)(C)F)cc1Cl)C(=O)O. The summed E-state index contributed by atoms with van der Waals surface area (Å²) in [7, 11) is 0. The van der Waals surface area contributed by atoms with Crippen LogP contribution in [0.15, 0.2) is 18.2 Å². The summed E-state index contributed by atoms with van der Waals surface area (Å²) in [6.07, 6.45) is 0.314. The Balaban J connectivity index is 3.04. The lowest BCUT2D eigenvalue weighted by Gasteiger charge is -2.21. The first kappa shape index (κ1) is 15.0. The van der Waals surface area contributed by atoms with Gasteiger partial charge in [-0.05, 0) is 51.3 Å². The summed E-state index contributed by atoms with van der Waals surface area (Å²) in [6.45, 7) is 6.19. The molecule has 0 aliphatic rings. The van der Waals surface area contributed by atoms with Crippen molar-refractivity contribution in [3.05, 3.63) is 34.3 Å². The van der Waals surface area contributed by atoms with Crippen molar-refractivity contribution >= 4 is 17.6 Å². The highest BCUT2D eigenvalue weighted by molar-refractivity contribution is 6.31. The minimum absolute atomic E-state index is 0.314. The van der Waals surface area contributed by atoms with Gasteiger partial charge in [-0.25, -0.2) is 4.39 Å². The monoisotopic (exact) mass is 272 g/mol. The zero-order chi connectivity index (χ0) is 14.1. The van der Waals surface area contributed by atoms with Gasteiger partial charge in [0.2, 0.25) is 0 Å². The first-order valence-corrected chi connectivity index (χ1v) is 6.13. The van der Waals surface area contributed by atoms with Gasteiger partial charge in [-0.1, -0.05) is 23.7 Å². The van der Waals surface area contributed by atoms with Crippen LogP contribution in [-0.2, 0) is 16.9 Å². The maximum atomic E-state index is 13.7. The Kier molecular flexibility index (Phi) is 4.06. The quantitative estimate of drug-likeness (QED) is 0.892. The average molecular weight is 273 g/mol. The summed E-state index contributed by atoms with van der Waals surface area (Å²) in [5.41, 5.74) is -1.14. The molecule has 0 aliphatic heterocycles. The fourth-order valence-electron chi connectivity index (χ4n) is 1.61. The van der Waals surface area contributed by atoms with Gasteiger partial charge in [0.15, 0.2) is 0 Å². The van der Waals surface area contributed by atoms with E-state index in [0.717, 1.165) is 5.56 Å². The molecule has 0 saturated heterocycles. The molecular weight excluding hydrogens is 255 g/mol. The van der Waals surface area contributed by atoms with Crippen LogP contribution in [0.1, 0.15) is 38.8 Å². The molecular formula is C14H18ClFO2. The molecule has 4 heteroatoms. The van der Waals surface area contributed by atoms with Crippen LogP contribution in [-0.4, -0.2) is 11.1 Å². The number of rotatable bonds is 4. The summed E-state index contributed by atoms with van der Waals surface area (Å²) in [6, 6.07) is 4.91. The first-order chi connectivity index (χ1) is 8.04. The minimum Gasteiger partial charge on any atom is -0.481 e. The van der Waals surface area contributed by atoms with Crippen molar-refractivity contribution < 1.29 is 14.3 Å². The zero-order valence-electron chi connectivity index (χ0n) is 11.1. The Hall–Kier alpha value is -1.09. The second kappa shape index (κ2) is 4.88. The molecule has 1 rings (SSSR count). The van der Waals surface area contributed by atoms with E-state index in [1.165, 1.54) is 13.8 Å². The topological polar surface area (TPSA) is 37.3 Å². The standard InChI is InChI=1S/C14H18ClFO2/c1-13(2,12(17)18)8-9-5-6-10(7-11(9)15)14(3,4)16/h5-7H,8H2,1-4H3,(H,17,18). The van der Waals surface area contributed by atoms with Gasteiger partial charge in [-0.2, -0.15) is 0 Å². The van der Waals surface area contributed by atoms with E-state index in [1.54, 1.807) is 32.0 Å². The summed E-state index contributed by atoms with van der Waals surface area (Å²) < 4.78 is 13.7. The van der Waals surface area contributed by atoms with E-state index in [2.05, 4.69) is 0 Å². The molecule has 0 atom stereocenters. The van der Waals surface area contributed by atoms with E-state index in [1.807, 2.05) is 0 Å². The molecule has 18 heavy (non-hydrogen) atoms. The van der Waals surface area contributed by atoms with Gasteiger partial charge in [0.05, 0.1) is 5.41 Å². The molecule has 0 aromatic heterocycles. The fraction of sp³-hybridized carbons (Fsp3) is 0.500.